The van der Waals surface area contributed by atoms with E-state index in [4.69, 9.17) is 9.72 Å². The molecule has 1 atom stereocenters. The van der Waals surface area contributed by atoms with E-state index in [1.807, 2.05) is 19.2 Å². The van der Waals surface area contributed by atoms with Crippen LogP contribution in [0, 0.1) is 0 Å². The van der Waals surface area contributed by atoms with Crippen LogP contribution in [-0.4, -0.2) is 37.9 Å². The quantitative estimate of drug-likeness (QED) is 0.593. The lowest BCUT2D eigenvalue weighted by Gasteiger charge is -2.26. The third-order valence-electron chi connectivity index (χ3n) is 5.08. The number of hydrogen-bond acceptors (Lipinski definition) is 6. The molecule has 1 aromatic carbocycles. The first-order chi connectivity index (χ1) is 13.8. The van der Waals surface area contributed by atoms with E-state index in [-0.39, 0.29) is 6.10 Å². The van der Waals surface area contributed by atoms with E-state index in [0.29, 0.717) is 12.4 Å². The molecule has 4 aromatic rings. The van der Waals surface area contributed by atoms with Gasteiger partial charge in [0.25, 0.3) is 0 Å². The topological polar surface area (TPSA) is 77.8 Å². The van der Waals surface area contributed by atoms with Crippen LogP contribution in [0.25, 0.3) is 22.4 Å². The number of nitrogens with zero attached hydrogens (tertiary/aromatic N) is 5. The smallest absolute Gasteiger partial charge is 0.164 e. The molecule has 0 aliphatic carbocycles. The van der Waals surface area contributed by atoms with Gasteiger partial charge in [0.05, 0.1) is 24.3 Å². The fourth-order valence-corrected chi connectivity index (χ4v) is 3.62. The molecule has 0 unspecified atom stereocenters. The summed E-state index contributed by atoms with van der Waals surface area (Å²) in [5.41, 5.74) is 4.30. The number of benzene rings is 1. The molecule has 1 aliphatic rings. The van der Waals surface area contributed by atoms with Crippen LogP contribution in [0.15, 0.2) is 55.0 Å². The van der Waals surface area contributed by atoms with Crippen LogP contribution in [0.2, 0.25) is 0 Å². The summed E-state index contributed by atoms with van der Waals surface area (Å²) in [4.78, 5) is 13.5. The lowest BCUT2D eigenvalue weighted by atomic mass is 9.97. The van der Waals surface area contributed by atoms with Crippen molar-refractivity contribution in [2.75, 3.05) is 18.5 Å². The molecule has 1 N–H and O–H groups in total. The monoisotopic (exact) mass is 372 g/mol. The van der Waals surface area contributed by atoms with Gasteiger partial charge in [-0.25, -0.2) is 9.97 Å². The van der Waals surface area contributed by atoms with Crippen LogP contribution >= 0.6 is 0 Å². The Morgan fingerprint density at radius 3 is 2.89 bits per heavy atom. The van der Waals surface area contributed by atoms with Crippen molar-refractivity contribution in [3.63, 3.8) is 0 Å². The van der Waals surface area contributed by atoms with Crippen molar-refractivity contribution in [2.24, 2.45) is 7.05 Å². The van der Waals surface area contributed by atoms with E-state index in [2.05, 4.69) is 44.6 Å². The molecule has 0 saturated heterocycles. The summed E-state index contributed by atoms with van der Waals surface area (Å²) < 4.78 is 7.79. The molecule has 3 aromatic heterocycles. The summed E-state index contributed by atoms with van der Waals surface area (Å²) in [6, 6.07) is 12.3. The van der Waals surface area contributed by atoms with Crippen LogP contribution in [0.5, 0.6) is 0 Å². The standard InChI is InChI=1S/C21H20N6O/c1-27-21-17(12-24-27)20(25-19(26-21)15-6-9-22-10-7-15)23-13-18-16-5-3-2-4-14(16)8-11-28-18/h2-7,9-10,12,18H,8,11,13H2,1H3,(H,23,25,26)/t18-/m0/s1. The van der Waals surface area contributed by atoms with Crippen molar-refractivity contribution in [3.05, 3.63) is 66.1 Å². The average Bonchev–Trinajstić information content (AvgIpc) is 3.13. The maximum Gasteiger partial charge on any atom is 0.164 e. The highest BCUT2D eigenvalue weighted by Gasteiger charge is 2.21. The molecular formula is C21H20N6O. The first-order valence-electron chi connectivity index (χ1n) is 9.33. The Morgan fingerprint density at radius 2 is 2.00 bits per heavy atom. The Kier molecular flexibility index (Phi) is 4.21. The number of hydrogen-bond donors (Lipinski definition) is 1. The van der Waals surface area contributed by atoms with Gasteiger partial charge in [-0.3, -0.25) is 9.67 Å². The maximum absolute atomic E-state index is 6.02. The Morgan fingerprint density at radius 1 is 1.14 bits per heavy atom. The van der Waals surface area contributed by atoms with Crippen molar-refractivity contribution in [1.29, 1.82) is 0 Å². The Bertz CT molecular complexity index is 1120. The summed E-state index contributed by atoms with van der Waals surface area (Å²) in [5, 5.41) is 8.72. The van der Waals surface area contributed by atoms with Crippen LogP contribution in [0.3, 0.4) is 0 Å². The van der Waals surface area contributed by atoms with Gasteiger partial charge in [0, 0.05) is 31.5 Å². The third-order valence-corrected chi connectivity index (χ3v) is 5.08. The highest BCUT2D eigenvalue weighted by atomic mass is 16.5. The number of aryl methyl sites for hydroxylation is 1. The average molecular weight is 372 g/mol. The molecule has 140 valence electrons. The van der Waals surface area contributed by atoms with Crippen molar-refractivity contribution in [3.8, 4) is 11.4 Å². The minimum atomic E-state index is -0.00369. The Hall–Kier alpha value is -3.32. The van der Waals surface area contributed by atoms with Crippen LogP contribution in [0.1, 0.15) is 17.2 Å². The van der Waals surface area contributed by atoms with Crippen molar-refractivity contribution in [2.45, 2.75) is 12.5 Å². The zero-order valence-corrected chi connectivity index (χ0v) is 15.5. The van der Waals surface area contributed by atoms with E-state index in [0.717, 1.165) is 35.4 Å². The van der Waals surface area contributed by atoms with Gasteiger partial charge >= 0.3 is 0 Å². The maximum atomic E-state index is 6.02. The number of pyridine rings is 1. The summed E-state index contributed by atoms with van der Waals surface area (Å²) in [6.07, 6.45) is 6.23. The predicted octanol–water partition coefficient (Wildman–Crippen LogP) is 3.15. The summed E-state index contributed by atoms with van der Waals surface area (Å²) in [7, 11) is 1.88. The number of nitrogens with one attached hydrogen (secondary N) is 1. The van der Waals surface area contributed by atoms with E-state index in [1.165, 1.54) is 11.1 Å². The van der Waals surface area contributed by atoms with Crippen molar-refractivity contribution in [1.82, 2.24) is 24.7 Å². The molecule has 7 heteroatoms. The number of anilines is 1. The van der Waals surface area contributed by atoms with E-state index < -0.39 is 0 Å². The molecule has 7 nitrogen and oxygen atoms in total. The second-order valence-electron chi connectivity index (χ2n) is 6.83. The predicted molar refractivity (Wildman–Crippen MR) is 107 cm³/mol. The van der Waals surface area contributed by atoms with Crippen molar-refractivity contribution < 1.29 is 4.74 Å². The van der Waals surface area contributed by atoms with E-state index >= 15 is 0 Å². The minimum Gasteiger partial charge on any atom is -0.371 e. The van der Waals surface area contributed by atoms with Gasteiger partial charge in [0.15, 0.2) is 11.5 Å². The van der Waals surface area contributed by atoms with Crippen LogP contribution in [-0.2, 0) is 18.2 Å². The van der Waals surface area contributed by atoms with Gasteiger partial charge < -0.3 is 10.1 Å². The molecule has 0 amide bonds. The third kappa shape index (κ3) is 2.99. The zero-order chi connectivity index (χ0) is 18.9. The first kappa shape index (κ1) is 16.8. The highest BCUT2D eigenvalue weighted by molar-refractivity contribution is 5.88. The SMILES string of the molecule is Cn1ncc2c(NC[C@@H]3OCCc4ccccc43)nc(-c3ccncc3)nc21. The second-order valence-corrected chi connectivity index (χ2v) is 6.83. The van der Waals surface area contributed by atoms with Gasteiger partial charge in [-0.15, -0.1) is 0 Å². The molecule has 28 heavy (non-hydrogen) atoms. The molecule has 4 heterocycles. The molecular weight excluding hydrogens is 352 g/mol. The number of aromatic nitrogens is 5. The fraction of sp³-hybridized carbons (Fsp3) is 0.238. The normalized spacial score (nSPS) is 16.1. The zero-order valence-electron chi connectivity index (χ0n) is 15.5. The lowest BCUT2D eigenvalue weighted by Crippen LogP contribution is -2.23. The Balaban J connectivity index is 1.49. The molecule has 0 spiro atoms. The molecule has 0 radical (unpaired) electrons. The first-order valence-corrected chi connectivity index (χ1v) is 9.33. The molecule has 0 saturated carbocycles. The largest absolute Gasteiger partial charge is 0.371 e. The van der Waals surface area contributed by atoms with Crippen LogP contribution < -0.4 is 5.32 Å². The van der Waals surface area contributed by atoms with Gasteiger partial charge in [-0.1, -0.05) is 24.3 Å². The number of fused-ring (bicyclic) bond motifs is 2. The van der Waals surface area contributed by atoms with Gasteiger partial charge in [-0.2, -0.15) is 5.10 Å². The molecule has 1 aliphatic heterocycles. The van der Waals surface area contributed by atoms with E-state index in [1.54, 1.807) is 23.3 Å². The lowest BCUT2D eigenvalue weighted by molar-refractivity contribution is 0.0513. The van der Waals surface area contributed by atoms with E-state index in [9.17, 15) is 0 Å². The molecule has 0 bridgehead atoms. The minimum absolute atomic E-state index is 0.00369. The highest BCUT2D eigenvalue weighted by Crippen LogP contribution is 2.29. The fourth-order valence-electron chi connectivity index (χ4n) is 3.62. The number of ether oxygens (including phenoxy) is 1. The van der Waals surface area contributed by atoms with Crippen molar-refractivity contribution >= 4 is 16.9 Å². The summed E-state index contributed by atoms with van der Waals surface area (Å²) in [5.74, 6) is 1.41. The van der Waals surface area contributed by atoms with Crippen LogP contribution in [0.4, 0.5) is 5.82 Å². The second kappa shape index (κ2) is 7.01. The van der Waals surface area contributed by atoms with Gasteiger partial charge in [-0.05, 0) is 29.7 Å². The summed E-state index contributed by atoms with van der Waals surface area (Å²) >= 11 is 0. The molecule has 5 rings (SSSR count). The summed E-state index contributed by atoms with van der Waals surface area (Å²) in [6.45, 7) is 1.37. The number of rotatable bonds is 4. The Labute approximate surface area is 162 Å². The van der Waals surface area contributed by atoms with Gasteiger partial charge in [0.1, 0.15) is 5.82 Å². The molecule has 0 fully saturated rings. The van der Waals surface area contributed by atoms with Gasteiger partial charge in [0.2, 0.25) is 0 Å².